The van der Waals surface area contributed by atoms with Gasteiger partial charge in [-0.05, 0) is 5.56 Å². The van der Waals surface area contributed by atoms with Crippen molar-refractivity contribution in [2.45, 2.75) is 0 Å². The van der Waals surface area contributed by atoms with Crippen molar-refractivity contribution in [2.24, 2.45) is 0 Å². The van der Waals surface area contributed by atoms with Crippen LogP contribution in [0.5, 0.6) is 5.75 Å². The molecule has 16 heavy (non-hydrogen) atoms. The van der Waals surface area contributed by atoms with Gasteiger partial charge in [0.25, 0.3) is 0 Å². The van der Waals surface area contributed by atoms with Gasteiger partial charge in [0.15, 0.2) is 0 Å². The van der Waals surface area contributed by atoms with Gasteiger partial charge in [-0.3, -0.25) is 0 Å². The van der Waals surface area contributed by atoms with E-state index < -0.39 is 0 Å². The van der Waals surface area contributed by atoms with Crippen molar-refractivity contribution >= 4 is 0 Å². The molecule has 0 bridgehead atoms. The van der Waals surface area contributed by atoms with Crippen molar-refractivity contribution in [1.82, 2.24) is 0 Å². The fourth-order valence-corrected chi connectivity index (χ4v) is 1.23. The molecule has 0 saturated heterocycles. The number of hydrogen-bond acceptors (Lipinski definition) is 2. The van der Waals surface area contributed by atoms with Crippen molar-refractivity contribution in [3.05, 3.63) is 54.6 Å². The topological polar surface area (TPSA) is 53.1 Å². The van der Waals surface area contributed by atoms with Crippen LogP contribution in [0.15, 0.2) is 48.5 Å². The minimum Gasteiger partial charge on any atom is -0.872 e. The summed E-state index contributed by atoms with van der Waals surface area (Å²) >= 11 is 0. The van der Waals surface area contributed by atoms with Crippen molar-refractivity contribution in [3.63, 3.8) is 0 Å². The second-order valence-electron chi connectivity index (χ2n) is 2.81. The number of hydrogen-bond donors (Lipinski definition) is 0. The summed E-state index contributed by atoms with van der Waals surface area (Å²) in [4.78, 5) is 0. The molecule has 0 atom stereocenters. The van der Waals surface area contributed by atoms with Gasteiger partial charge in [-0.2, -0.15) is 30.3 Å². The molecule has 0 saturated carbocycles. The number of rotatable bonds is 1. The van der Waals surface area contributed by atoms with Crippen LogP contribution in [0, 0.1) is 6.07 Å². The van der Waals surface area contributed by atoms with E-state index in [1.165, 1.54) is 0 Å². The van der Waals surface area contributed by atoms with Gasteiger partial charge in [-0.15, -0.1) is 11.3 Å². The Labute approximate surface area is 181 Å². The summed E-state index contributed by atoms with van der Waals surface area (Å²) in [5.41, 5.74) is 2.17. The van der Waals surface area contributed by atoms with E-state index in [0.717, 1.165) is 11.1 Å². The maximum Gasteiger partial charge on any atom is 1.00 e. The van der Waals surface area contributed by atoms with Crippen molar-refractivity contribution < 1.29 is 113 Å². The van der Waals surface area contributed by atoms with Gasteiger partial charge < -0.3 is 10.6 Å². The summed E-state index contributed by atoms with van der Waals surface area (Å²) < 4.78 is 0. The molecule has 0 unspecified atom stereocenters. The van der Waals surface area contributed by atoms with Crippen LogP contribution >= 0.6 is 0 Å². The zero-order valence-electron chi connectivity index (χ0n) is 9.47. The molecule has 0 fully saturated rings. The van der Waals surface area contributed by atoms with Gasteiger partial charge in [-0.25, -0.2) is 0 Å². The number of benzene rings is 2. The van der Waals surface area contributed by atoms with Crippen LogP contribution in [0.3, 0.4) is 0 Å². The van der Waals surface area contributed by atoms with Gasteiger partial charge in [-0.1, -0.05) is 24.3 Å². The molecule has 0 aliphatic heterocycles. The molecule has 0 radical (unpaired) electrons. The van der Waals surface area contributed by atoms with E-state index in [0.29, 0.717) is 0 Å². The molecule has 0 spiro atoms. The largest absolute Gasteiger partial charge is 1.00 e. The Hall–Kier alpha value is 1.47. The normalized spacial score (nSPS) is 8.00. The minimum atomic E-state index is 0. The van der Waals surface area contributed by atoms with E-state index >= 15 is 0 Å². The molecule has 72 valence electrons. The Morgan fingerprint density at radius 1 is 0.750 bits per heavy atom. The van der Waals surface area contributed by atoms with Crippen LogP contribution in [-0.4, -0.2) is 5.48 Å². The predicted molar refractivity (Wildman–Crippen MR) is 52.1 cm³/mol. The first-order valence-electron chi connectivity index (χ1n) is 4.10. The molecular weight excluding hydrogens is 254 g/mol. The third kappa shape index (κ3) is 5.88. The first-order valence-corrected chi connectivity index (χ1v) is 4.10. The fraction of sp³-hybridized carbons (Fsp3) is 0. The molecular formula is C12H9K2O2-. The molecule has 4 heteroatoms. The first kappa shape index (κ1) is 19.8. The summed E-state index contributed by atoms with van der Waals surface area (Å²) in [6.45, 7) is 0. The molecule has 0 aliphatic carbocycles. The predicted octanol–water partition coefficient (Wildman–Crippen LogP) is -3.94. The molecule has 2 nitrogen and oxygen atoms in total. The molecule has 0 aliphatic rings. The summed E-state index contributed by atoms with van der Waals surface area (Å²) in [5.74, 6) is 0.0474. The Kier molecular flexibility index (Phi) is 12.9. The zero-order valence-corrected chi connectivity index (χ0v) is 15.7. The van der Waals surface area contributed by atoms with Crippen molar-refractivity contribution in [3.8, 4) is 16.9 Å². The van der Waals surface area contributed by atoms with Crippen LogP contribution in [-0.2, 0) is 0 Å². The van der Waals surface area contributed by atoms with Crippen LogP contribution in [0.25, 0.3) is 11.1 Å². The summed E-state index contributed by atoms with van der Waals surface area (Å²) in [6.07, 6.45) is 0. The zero-order chi connectivity index (χ0) is 9.10. The Balaban J connectivity index is 0. The maximum atomic E-state index is 10.8. The van der Waals surface area contributed by atoms with E-state index in [9.17, 15) is 5.11 Å². The summed E-state index contributed by atoms with van der Waals surface area (Å²) in [6, 6.07) is 17.4. The third-order valence-electron chi connectivity index (χ3n) is 1.91. The van der Waals surface area contributed by atoms with Crippen LogP contribution in [0.4, 0.5) is 0 Å². The Morgan fingerprint density at radius 3 is 1.69 bits per heavy atom. The van der Waals surface area contributed by atoms with Crippen LogP contribution in [0.2, 0.25) is 0 Å². The SMILES string of the molecule is [K+].[K+].[O-]c1ccc(-c2cc[c-]cc2)cc1.[OH-]. The monoisotopic (exact) mass is 263 g/mol. The molecule has 0 aromatic heterocycles. The van der Waals surface area contributed by atoms with Crippen molar-refractivity contribution in [2.75, 3.05) is 0 Å². The molecule has 0 heterocycles. The van der Waals surface area contributed by atoms with E-state index in [1.807, 2.05) is 36.4 Å². The van der Waals surface area contributed by atoms with Crippen LogP contribution < -0.4 is 108 Å². The molecule has 0 amide bonds. The summed E-state index contributed by atoms with van der Waals surface area (Å²) in [7, 11) is 0. The minimum absolute atomic E-state index is 0. The van der Waals surface area contributed by atoms with Gasteiger partial charge >= 0.3 is 103 Å². The second-order valence-corrected chi connectivity index (χ2v) is 2.81. The van der Waals surface area contributed by atoms with E-state index in [1.54, 1.807) is 12.1 Å². The standard InChI is InChI=1S/C12H9O.2K.H2O/c13-12-8-6-11(7-9-12)10-4-2-1-3-5-10;;;/h2-9,13H;;;1H2/q-1;2*+1;/p-2. The summed E-state index contributed by atoms with van der Waals surface area (Å²) in [5, 5.41) is 10.8. The Morgan fingerprint density at radius 2 is 1.19 bits per heavy atom. The third-order valence-corrected chi connectivity index (χ3v) is 1.91. The van der Waals surface area contributed by atoms with Gasteiger partial charge in [0.1, 0.15) is 0 Å². The first-order chi connectivity index (χ1) is 6.36. The van der Waals surface area contributed by atoms with Crippen LogP contribution in [0.1, 0.15) is 0 Å². The van der Waals surface area contributed by atoms with E-state index in [4.69, 9.17) is 0 Å². The molecule has 2 aromatic carbocycles. The van der Waals surface area contributed by atoms with Gasteiger partial charge in [0, 0.05) is 0 Å². The van der Waals surface area contributed by atoms with E-state index in [2.05, 4.69) is 6.07 Å². The van der Waals surface area contributed by atoms with Gasteiger partial charge in [0.05, 0.1) is 0 Å². The van der Waals surface area contributed by atoms with Crippen molar-refractivity contribution in [1.29, 1.82) is 0 Å². The maximum absolute atomic E-state index is 10.8. The van der Waals surface area contributed by atoms with E-state index in [-0.39, 0.29) is 114 Å². The fourth-order valence-electron chi connectivity index (χ4n) is 1.23. The molecule has 1 N–H and O–H groups in total. The second kappa shape index (κ2) is 10.4. The Bertz CT molecular complexity index is 388. The average Bonchev–Trinajstić information content (AvgIpc) is 2.20. The molecule has 2 aromatic rings. The quantitative estimate of drug-likeness (QED) is 0.390. The molecule has 2 rings (SSSR count). The smallest absolute Gasteiger partial charge is 0.872 e. The average molecular weight is 263 g/mol. The van der Waals surface area contributed by atoms with Gasteiger partial charge in [0.2, 0.25) is 0 Å².